The van der Waals surface area contributed by atoms with Gasteiger partial charge in [-0.3, -0.25) is 9.63 Å². The van der Waals surface area contributed by atoms with E-state index >= 15 is 0 Å². The van der Waals surface area contributed by atoms with Crippen LogP contribution in [0.15, 0.2) is 18.2 Å². The van der Waals surface area contributed by atoms with Crippen LogP contribution in [0.1, 0.15) is 10.4 Å². The van der Waals surface area contributed by atoms with Gasteiger partial charge in [0.05, 0.1) is 5.56 Å². The highest BCUT2D eigenvalue weighted by atomic mass is 35.5. The Balaban J connectivity index is 3.09. The predicted octanol–water partition coefficient (Wildman–Crippen LogP) is 0.981. The molecule has 0 aliphatic rings. The smallest absolute Gasteiger partial charge is 0.269 e. The number of hydrogen-bond donors (Lipinski definition) is 3. The molecule has 0 spiro atoms. The number of phenolic OH excluding ortho intramolecular Hbond substituents is 2. The number of rotatable bonds is 1. The first kappa shape index (κ1) is 8.67. The largest absolute Gasteiger partial charge is 0.508 e. The van der Waals surface area contributed by atoms with Crippen molar-refractivity contribution in [1.29, 1.82) is 0 Å². The first-order valence-corrected chi connectivity index (χ1v) is 3.46. The van der Waals surface area contributed by atoms with Gasteiger partial charge in [-0.2, -0.15) is 0 Å². The van der Waals surface area contributed by atoms with Crippen LogP contribution in [0, 0.1) is 0 Å². The lowest BCUT2D eigenvalue weighted by atomic mass is 10.2. The van der Waals surface area contributed by atoms with Gasteiger partial charge in [0.1, 0.15) is 11.5 Å². The van der Waals surface area contributed by atoms with Gasteiger partial charge in [0.2, 0.25) is 0 Å². The Labute approximate surface area is 73.5 Å². The molecule has 1 amide bonds. The van der Waals surface area contributed by atoms with Crippen LogP contribution in [0.4, 0.5) is 0 Å². The Morgan fingerprint density at radius 1 is 1.42 bits per heavy atom. The molecule has 5 heteroatoms. The normalized spacial score (nSPS) is 9.42. The summed E-state index contributed by atoms with van der Waals surface area (Å²) in [5, 5.41) is 18.0. The number of aromatic hydroxyl groups is 2. The fraction of sp³-hybridized carbons (Fsp3) is 0. The first-order chi connectivity index (χ1) is 5.65. The highest BCUT2D eigenvalue weighted by Gasteiger charge is 2.09. The lowest BCUT2D eigenvalue weighted by Crippen LogP contribution is -2.12. The fourth-order valence-electron chi connectivity index (χ4n) is 0.763. The molecule has 0 unspecified atom stereocenters. The number of amides is 1. The Morgan fingerprint density at radius 3 is 2.58 bits per heavy atom. The van der Waals surface area contributed by atoms with Crippen LogP contribution < -0.4 is 4.84 Å². The minimum absolute atomic E-state index is 0.0165. The van der Waals surface area contributed by atoms with E-state index in [-0.39, 0.29) is 17.1 Å². The topological polar surface area (TPSA) is 69.6 Å². The minimum Gasteiger partial charge on any atom is -0.508 e. The zero-order valence-corrected chi connectivity index (χ0v) is 6.67. The number of benzene rings is 1. The van der Waals surface area contributed by atoms with Crippen molar-refractivity contribution in [1.82, 2.24) is 4.84 Å². The molecule has 0 radical (unpaired) electrons. The minimum atomic E-state index is -0.617. The standard InChI is InChI=1S/C7H6ClNO3/c8-9-7(12)5-2-1-4(10)3-6(5)11/h1-3,10-11H,(H,9,12). The second kappa shape index (κ2) is 3.32. The summed E-state index contributed by atoms with van der Waals surface area (Å²) < 4.78 is 0. The molecular formula is C7H6ClNO3. The van der Waals surface area contributed by atoms with Crippen LogP contribution >= 0.6 is 11.8 Å². The van der Waals surface area contributed by atoms with Crippen molar-refractivity contribution in [2.45, 2.75) is 0 Å². The summed E-state index contributed by atoms with van der Waals surface area (Å²) in [7, 11) is 0. The summed E-state index contributed by atoms with van der Waals surface area (Å²) in [5.41, 5.74) is 0.0165. The monoisotopic (exact) mass is 187 g/mol. The summed E-state index contributed by atoms with van der Waals surface area (Å²) in [5.74, 6) is -1.04. The number of carbonyl (C=O) groups is 1. The molecule has 3 N–H and O–H groups in total. The second-order valence-corrected chi connectivity index (χ2v) is 2.31. The summed E-state index contributed by atoms with van der Waals surface area (Å²) in [6.45, 7) is 0. The van der Waals surface area contributed by atoms with E-state index < -0.39 is 5.91 Å². The molecule has 0 saturated carbocycles. The van der Waals surface area contributed by atoms with Gasteiger partial charge in [-0.1, -0.05) is 0 Å². The molecule has 1 aromatic rings. The number of nitrogens with one attached hydrogen (secondary N) is 1. The summed E-state index contributed by atoms with van der Waals surface area (Å²) in [4.78, 5) is 12.7. The number of halogens is 1. The van der Waals surface area contributed by atoms with Crippen LogP contribution in [0.3, 0.4) is 0 Å². The number of hydrogen-bond acceptors (Lipinski definition) is 3. The van der Waals surface area contributed by atoms with Crippen LogP contribution in [-0.2, 0) is 0 Å². The molecule has 0 fully saturated rings. The third-order valence-corrected chi connectivity index (χ3v) is 1.48. The lowest BCUT2D eigenvalue weighted by molar-refractivity contribution is 0.0979. The first-order valence-electron chi connectivity index (χ1n) is 3.08. The van der Waals surface area contributed by atoms with Crippen molar-refractivity contribution in [2.24, 2.45) is 0 Å². The van der Waals surface area contributed by atoms with Gasteiger partial charge in [0.15, 0.2) is 0 Å². The molecule has 0 heterocycles. The van der Waals surface area contributed by atoms with Gasteiger partial charge < -0.3 is 10.2 Å². The number of carbonyl (C=O) groups excluding carboxylic acids is 1. The predicted molar refractivity (Wildman–Crippen MR) is 43.1 cm³/mol. The van der Waals surface area contributed by atoms with E-state index in [0.29, 0.717) is 0 Å². The summed E-state index contributed by atoms with van der Waals surface area (Å²) >= 11 is 5.03. The third kappa shape index (κ3) is 1.60. The molecule has 1 aromatic carbocycles. The third-order valence-electron chi connectivity index (χ3n) is 1.31. The van der Waals surface area contributed by atoms with Crippen molar-refractivity contribution < 1.29 is 15.0 Å². The SMILES string of the molecule is O=C(NCl)c1ccc(O)cc1O. The Kier molecular flexibility index (Phi) is 2.40. The van der Waals surface area contributed by atoms with Gasteiger partial charge >= 0.3 is 0 Å². The maximum atomic E-state index is 10.9. The highest BCUT2D eigenvalue weighted by molar-refractivity contribution is 6.24. The summed E-state index contributed by atoms with van der Waals surface area (Å²) in [6.07, 6.45) is 0. The maximum Gasteiger partial charge on any atom is 0.269 e. The number of phenols is 2. The average molecular weight is 188 g/mol. The van der Waals surface area contributed by atoms with E-state index in [2.05, 4.69) is 0 Å². The highest BCUT2D eigenvalue weighted by Crippen LogP contribution is 2.22. The molecular weight excluding hydrogens is 182 g/mol. The van der Waals surface area contributed by atoms with Gasteiger partial charge in [-0.05, 0) is 12.1 Å². The van der Waals surface area contributed by atoms with Crippen molar-refractivity contribution >= 4 is 17.7 Å². The second-order valence-electron chi connectivity index (χ2n) is 2.13. The van der Waals surface area contributed by atoms with Crippen molar-refractivity contribution in [2.75, 3.05) is 0 Å². The molecule has 1 rings (SSSR count). The molecule has 0 atom stereocenters. The molecule has 0 aromatic heterocycles. The molecule has 0 bridgehead atoms. The van der Waals surface area contributed by atoms with E-state index in [9.17, 15) is 4.79 Å². The van der Waals surface area contributed by atoms with Crippen molar-refractivity contribution in [3.05, 3.63) is 23.8 Å². The Morgan fingerprint density at radius 2 is 2.08 bits per heavy atom. The fourth-order valence-corrected chi connectivity index (χ4v) is 0.865. The van der Waals surface area contributed by atoms with Crippen LogP contribution in [0.2, 0.25) is 0 Å². The van der Waals surface area contributed by atoms with Gasteiger partial charge in [0, 0.05) is 17.8 Å². The molecule has 12 heavy (non-hydrogen) atoms. The Bertz CT molecular complexity index is 314. The molecule has 0 aliphatic carbocycles. The zero-order chi connectivity index (χ0) is 9.14. The quantitative estimate of drug-likeness (QED) is 0.574. The molecule has 4 nitrogen and oxygen atoms in total. The molecule has 0 aliphatic heterocycles. The van der Waals surface area contributed by atoms with E-state index in [4.69, 9.17) is 22.0 Å². The van der Waals surface area contributed by atoms with E-state index in [1.165, 1.54) is 12.1 Å². The van der Waals surface area contributed by atoms with Crippen LogP contribution in [0.25, 0.3) is 0 Å². The average Bonchev–Trinajstić information content (AvgIpc) is 2.03. The van der Waals surface area contributed by atoms with Gasteiger partial charge in [-0.15, -0.1) is 0 Å². The van der Waals surface area contributed by atoms with Crippen molar-refractivity contribution in [3.8, 4) is 11.5 Å². The zero-order valence-electron chi connectivity index (χ0n) is 5.91. The van der Waals surface area contributed by atoms with E-state index in [1.54, 1.807) is 0 Å². The van der Waals surface area contributed by atoms with Crippen LogP contribution in [-0.4, -0.2) is 16.1 Å². The van der Waals surface area contributed by atoms with E-state index in [0.717, 1.165) is 6.07 Å². The lowest BCUT2D eigenvalue weighted by Gasteiger charge is -2.01. The van der Waals surface area contributed by atoms with Crippen LogP contribution in [0.5, 0.6) is 11.5 Å². The maximum absolute atomic E-state index is 10.9. The van der Waals surface area contributed by atoms with E-state index in [1.807, 2.05) is 4.84 Å². The van der Waals surface area contributed by atoms with Gasteiger partial charge in [-0.25, -0.2) is 0 Å². The van der Waals surface area contributed by atoms with Gasteiger partial charge in [0.25, 0.3) is 5.91 Å². The summed E-state index contributed by atoms with van der Waals surface area (Å²) in [6, 6.07) is 3.60. The Hall–Kier alpha value is -1.42. The molecule has 0 saturated heterocycles. The van der Waals surface area contributed by atoms with Crippen molar-refractivity contribution in [3.63, 3.8) is 0 Å². The molecule has 64 valence electrons.